The van der Waals surface area contributed by atoms with Crippen LogP contribution >= 0.6 is 0 Å². The van der Waals surface area contributed by atoms with Crippen LogP contribution in [0.5, 0.6) is 5.75 Å². The zero-order valence-electron chi connectivity index (χ0n) is 22.4. The van der Waals surface area contributed by atoms with Gasteiger partial charge in [0.1, 0.15) is 5.75 Å². The Morgan fingerprint density at radius 2 is 1.79 bits per heavy atom. The number of pyridine rings is 1. The van der Waals surface area contributed by atoms with Crippen LogP contribution in [0.1, 0.15) is 63.6 Å². The predicted octanol–water partition coefficient (Wildman–Crippen LogP) is 4.22. The predicted molar refractivity (Wildman–Crippen MR) is 151 cm³/mol. The number of benzene rings is 2. The summed E-state index contributed by atoms with van der Waals surface area (Å²) in [6.45, 7) is 3.64. The van der Waals surface area contributed by atoms with Crippen molar-refractivity contribution >= 4 is 23.2 Å². The lowest BCUT2D eigenvalue weighted by Gasteiger charge is -2.39. The SMILES string of the molecule is COc1ccc(C(=O)N[C@@H]2CCc3ccc(C(=O)N4CCC5(CC4)CCN(c4ccncc4)C5)cc32)c(N)c1. The molecule has 8 nitrogen and oxygen atoms in total. The highest BCUT2D eigenvalue weighted by Gasteiger charge is 2.41. The molecule has 1 spiro atoms. The maximum absolute atomic E-state index is 13.5. The smallest absolute Gasteiger partial charge is 0.253 e. The molecule has 6 rings (SSSR count). The number of methoxy groups -OCH3 is 1. The molecular formula is C31H35N5O3. The number of amides is 2. The first-order valence-corrected chi connectivity index (χ1v) is 13.8. The number of hydrogen-bond acceptors (Lipinski definition) is 6. The Morgan fingerprint density at radius 3 is 2.54 bits per heavy atom. The van der Waals surface area contributed by atoms with E-state index in [1.807, 2.05) is 35.5 Å². The third-order valence-electron chi connectivity index (χ3n) is 8.86. The second-order valence-corrected chi connectivity index (χ2v) is 11.1. The van der Waals surface area contributed by atoms with Gasteiger partial charge in [0.05, 0.1) is 18.7 Å². The van der Waals surface area contributed by atoms with E-state index in [1.54, 1.807) is 25.3 Å². The molecule has 2 saturated heterocycles. The summed E-state index contributed by atoms with van der Waals surface area (Å²) in [4.78, 5) is 35.2. The number of aryl methyl sites for hydroxylation is 1. The second kappa shape index (κ2) is 10.2. The maximum Gasteiger partial charge on any atom is 0.253 e. The molecule has 3 aliphatic rings. The number of carbonyl (C=O) groups is 2. The molecule has 0 unspecified atom stereocenters. The highest BCUT2D eigenvalue weighted by Crippen LogP contribution is 2.42. The largest absolute Gasteiger partial charge is 0.497 e. The molecule has 0 radical (unpaired) electrons. The minimum absolute atomic E-state index is 0.0769. The van der Waals surface area contributed by atoms with Gasteiger partial charge in [-0.15, -0.1) is 0 Å². The lowest BCUT2D eigenvalue weighted by atomic mass is 9.77. The Labute approximate surface area is 229 Å². The lowest BCUT2D eigenvalue weighted by molar-refractivity contribution is 0.0610. The summed E-state index contributed by atoms with van der Waals surface area (Å²) in [6.07, 6.45) is 8.57. The highest BCUT2D eigenvalue weighted by atomic mass is 16.5. The monoisotopic (exact) mass is 525 g/mol. The van der Waals surface area contributed by atoms with Crippen molar-refractivity contribution in [3.63, 3.8) is 0 Å². The van der Waals surface area contributed by atoms with Gasteiger partial charge in [-0.1, -0.05) is 6.07 Å². The van der Waals surface area contributed by atoms with Crippen molar-refractivity contribution < 1.29 is 14.3 Å². The van der Waals surface area contributed by atoms with Crippen LogP contribution in [0.25, 0.3) is 0 Å². The molecule has 8 heteroatoms. The molecule has 3 heterocycles. The van der Waals surface area contributed by atoms with Crippen molar-refractivity contribution in [1.29, 1.82) is 0 Å². The van der Waals surface area contributed by atoms with Crippen molar-refractivity contribution in [2.75, 3.05) is 43.9 Å². The fourth-order valence-corrected chi connectivity index (χ4v) is 6.48. The standard InChI is InChI=1S/C31H35N5O3/c1-39-24-5-6-25(27(32)19-24)29(37)34-28-7-4-21-2-3-22(18-26(21)28)30(38)35-15-10-31(11-16-35)12-17-36(20-31)23-8-13-33-14-9-23/h2-3,5-6,8-9,13-14,18-19,28H,4,7,10-12,15-17,20,32H2,1H3,(H,34,37)/t28-/m1/s1. The maximum atomic E-state index is 13.5. The number of nitrogens with one attached hydrogen (secondary N) is 1. The third-order valence-corrected chi connectivity index (χ3v) is 8.86. The number of carbonyl (C=O) groups excluding carboxylic acids is 2. The van der Waals surface area contributed by atoms with Gasteiger partial charge < -0.3 is 25.6 Å². The molecule has 0 saturated carbocycles. The van der Waals surface area contributed by atoms with Crippen LogP contribution in [0.4, 0.5) is 11.4 Å². The fraction of sp³-hybridized carbons (Fsp3) is 0.387. The number of anilines is 2. The van der Waals surface area contributed by atoms with Gasteiger partial charge in [0, 0.05) is 61.6 Å². The first-order chi connectivity index (χ1) is 18.9. The molecule has 39 heavy (non-hydrogen) atoms. The fourth-order valence-electron chi connectivity index (χ4n) is 6.48. The van der Waals surface area contributed by atoms with Crippen LogP contribution in [-0.4, -0.2) is 55.0 Å². The number of rotatable bonds is 5. The summed E-state index contributed by atoms with van der Waals surface area (Å²) in [5.74, 6) is 0.470. The van der Waals surface area contributed by atoms with Crippen LogP contribution in [0.3, 0.4) is 0 Å². The molecule has 3 N–H and O–H groups in total. The first kappa shape index (κ1) is 25.2. The van der Waals surface area contributed by atoms with Crippen molar-refractivity contribution in [2.24, 2.45) is 5.41 Å². The highest BCUT2D eigenvalue weighted by molar-refractivity contribution is 6.00. The molecule has 2 aliphatic heterocycles. The van der Waals surface area contributed by atoms with Crippen molar-refractivity contribution in [3.8, 4) is 5.75 Å². The number of nitrogen functional groups attached to an aromatic ring is 1. The van der Waals surface area contributed by atoms with Crippen molar-refractivity contribution in [2.45, 2.75) is 38.1 Å². The van der Waals surface area contributed by atoms with Gasteiger partial charge in [0.25, 0.3) is 11.8 Å². The van der Waals surface area contributed by atoms with E-state index in [0.717, 1.165) is 63.8 Å². The van der Waals surface area contributed by atoms with Crippen LogP contribution < -0.4 is 20.7 Å². The summed E-state index contributed by atoms with van der Waals surface area (Å²) in [5.41, 5.74) is 11.3. The van der Waals surface area contributed by atoms with E-state index in [1.165, 1.54) is 11.3 Å². The number of nitrogens with two attached hydrogens (primary N) is 1. The van der Waals surface area contributed by atoms with Gasteiger partial charge in [-0.05, 0) is 85.0 Å². The van der Waals surface area contributed by atoms with Gasteiger partial charge in [0.15, 0.2) is 0 Å². The quantitative estimate of drug-likeness (QED) is 0.484. The molecule has 2 amide bonds. The zero-order valence-corrected chi connectivity index (χ0v) is 22.4. The Hall–Kier alpha value is -4.07. The van der Waals surface area contributed by atoms with Crippen LogP contribution in [0.15, 0.2) is 60.9 Å². The minimum atomic E-state index is -0.219. The molecular weight excluding hydrogens is 490 g/mol. The van der Waals surface area contributed by atoms with Gasteiger partial charge in [-0.25, -0.2) is 0 Å². The number of ether oxygens (including phenoxy) is 1. The van der Waals surface area contributed by atoms with Crippen molar-refractivity contribution in [1.82, 2.24) is 15.2 Å². The molecule has 2 fully saturated rings. The molecule has 2 aromatic carbocycles. The molecule has 3 aromatic rings. The van der Waals surface area contributed by atoms with E-state index in [0.29, 0.717) is 22.6 Å². The Kier molecular flexibility index (Phi) is 6.62. The third kappa shape index (κ3) is 4.91. The molecule has 0 bridgehead atoms. The Bertz CT molecular complexity index is 1380. The average Bonchev–Trinajstić information content (AvgIpc) is 3.57. The first-order valence-electron chi connectivity index (χ1n) is 13.8. The minimum Gasteiger partial charge on any atom is -0.497 e. The summed E-state index contributed by atoms with van der Waals surface area (Å²) in [7, 11) is 1.57. The van der Waals surface area contributed by atoms with Crippen LogP contribution in [0.2, 0.25) is 0 Å². The number of fused-ring (bicyclic) bond motifs is 1. The van der Waals surface area contributed by atoms with Crippen LogP contribution in [0, 0.1) is 5.41 Å². The second-order valence-electron chi connectivity index (χ2n) is 11.1. The molecule has 202 valence electrons. The van der Waals surface area contributed by atoms with E-state index < -0.39 is 0 Å². The molecule has 1 atom stereocenters. The average molecular weight is 526 g/mol. The van der Waals surface area contributed by atoms with Crippen LogP contribution in [-0.2, 0) is 6.42 Å². The van der Waals surface area contributed by atoms with E-state index in [9.17, 15) is 9.59 Å². The molecule has 1 aromatic heterocycles. The van der Waals surface area contributed by atoms with E-state index in [2.05, 4.69) is 27.3 Å². The van der Waals surface area contributed by atoms with Gasteiger partial charge in [0.2, 0.25) is 0 Å². The lowest BCUT2D eigenvalue weighted by Crippen LogP contribution is -2.44. The summed E-state index contributed by atoms with van der Waals surface area (Å²) < 4.78 is 5.19. The number of hydrogen-bond donors (Lipinski definition) is 2. The number of likely N-dealkylation sites (tertiary alicyclic amines) is 1. The number of nitrogens with zero attached hydrogens (tertiary/aromatic N) is 3. The summed E-state index contributed by atoms with van der Waals surface area (Å²) in [5, 5.41) is 3.13. The normalized spacial score (nSPS) is 19.7. The Balaban J connectivity index is 1.10. The topological polar surface area (TPSA) is 101 Å². The summed E-state index contributed by atoms with van der Waals surface area (Å²) >= 11 is 0. The number of aromatic nitrogens is 1. The van der Waals surface area contributed by atoms with E-state index in [4.69, 9.17) is 10.5 Å². The Morgan fingerprint density at radius 1 is 1.03 bits per heavy atom. The molecule has 1 aliphatic carbocycles. The van der Waals surface area contributed by atoms with Gasteiger partial charge in [-0.2, -0.15) is 0 Å². The van der Waals surface area contributed by atoms with Crippen molar-refractivity contribution in [3.05, 3.63) is 83.2 Å². The summed E-state index contributed by atoms with van der Waals surface area (Å²) in [6, 6.07) is 15.0. The van der Waals surface area contributed by atoms with Gasteiger partial charge in [-0.3, -0.25) is 14.6 Å². The van der Waals surface area contributed by atoms with Gasteiger partial charge >= 0.3 is 0 Å². The number of piperidine rings is 1. The van der Waals surface area contributed by atoms with E-state index >= 15 is 0 Å². The zero-order chi connectivity index (χ0) is 27.0. The van der Waals surface area contributed by atoms with E-state index in [-0.39, 0.29) is 23.3 Å².